The van der Waals surface area contributed by atoms with E-state index in [4.69, 9.17) is 0 Å². The van der Waals surface area contributed by atoms with Crippen LogP contribution in [0, 0.1) is 0 Å². The molecule has 2 aliphatic rings. The van der Waals surface area contributed by atoms with Gasteiger partial charge in [0.25, 0.3) is 11.8 Å². The van der Waals surface area contributed by atoms with Crippen molar-refractivity contribution < 1.29 is 22.8 Å². The number of thiazole rings is 1. The molecule has 0 aliphatic carbocycles. The summed E-state index contributed by atoms with van der Waals surface area (Å²) in [7, 11) is -3.93. The number of sulfone groups is 1. The summed E-state index contributed by atoms with van der Waals surface area (Å²) in [6, 6.07) is 10.1. The quantitative estimate of drug-likeness (QED) is 0.486. The Balaban J connectivity index is 1.31. The normalized spacial score (nSPS) is 16.7. The molecular weight excluding hydrogens is 490 g/mol. The minimum atomic E-state index is -3.93. The Hall–Kier alpha value is -3.77. The second-order valence-electron chi connectivity index (χ2n) is 8.04. The number of anilines is 2. The molecule has 0 saturated carbocycles. The Morgan fingerprint density at radius 1 is 1.11 bits per heavy atom. The third-order valence-corrected chi connectivity index (χ3v) is 8.68. The fourth-order valence-corrected chi connectivity index (χ4v) is 6.45. The topological polar surface area (TPSA) is 138 Å². The SMILES string of the molecule is O=C1CCN(c2ncc(CNC(=O)c3ccc4c(c3)NC(=O)c3ccccc3S4(=O)=O)s2)CCN1. The van der Waals surface area contributed by atoms with Crippen LogP contribution in [0.25, 0.3) is 0 Å². The van der Waals surface area contributed by atoms with Crippen molar-refractivity contribution in [1.29, 1.82) is 0 Å². The monoisotopic (exact) mass is 511 g/mol. The van der Waals surface area contributed by atoms with E-state index in [2.05, 4.69) is 20.9 Å². The zero-order valence-corrected chi connectivity index (χ0v) is 20.0. The minimum Gasteiger partial charge on any atom is -0.354 e. The highest BCUT2D eigenvalue weighted by Crippen LogP contribution is 2.34. The summed E-state index contributed by atoms with van der Waals surface area (Å²) in [6.45, 7) is 2.03. The average Bonchev–Trinajstić information content (AvgIpc) is 3.19. The number of nitrogens with zero attached hydrogens (tertiary/aromatic N) is 2. The predicted octanol–water partition coefficient (Wildman–Crippen LogP) is 1.80. The lowest BCUT2D eigenvalue weighted by atomic mass is 10.1. The van der Waals surface area contributed by atoms with Crippen molar-refractivity contribution >= 4 is 49.7 Å². The summed E-state index contributed by atoms with van der Waals surface area (Å²) in [5, 5.41) is 9.02. The summed E-state index contributed by atoms with van der Waals surface area (Å²) in [5.41, 5.74) is 0.329. The molecule has 0 radical (unpaired) electrons. The lowest BCUT2D eigenvalue weighted by Gasteiger charge is -2.17. The number of amides is 3. The van der Waals surface area contributed by atoms with E-state index in [0.717, 1.165) is 10.0 Å². The first-order chi connectivity index (χ1) is 16.8. The van der Waals surface area contributed by atoms with Gasteiger partial charge < -0.3 is 20.9 Å². The molecule has 1 aromatic heterocycles. The van der Waals surface area contributed by atoms with Crippen LogP contribution in [0.2, 0.25) is 0 Å². The maximum Gasteiger partial charge on any atom is 0.257 e. The van der Waals surface area contributed by atoms with Gasteiger partial charge in [0.2, 0.25) is 15.7 Å². The van der Waals surface area contributed by atoms with Crippen LogP contribution in [-0.2, 0) is 21.2 Å². The Labute approximate surface area is 205 Å². The van der Waals surface area contributed by atoms with E-state index in [0.29, 0.717) is 26.1 Å². The summed E-state index contributed by atoms with van der Waals surface area (Å²) >= 11 is 1.43. The van der Waals surface area contributed by atoms with Crippen molar-refractivity contribution in [2.75, 3.05) is 29.9 Å². The number of nitrogens with one attached hydrogen (secondary N) is 3. The van der Waals surface area contributed by atoms with Gasteiger partial charge in [-0.3, -0.25) is 14.4 Å². The first-order valence-corrected chi connectivity index (χ1v) is 13.2. The highest BCUT2D eigenvalue weighted by molar-refractivity contribution is 7.91. The Morgan fingerprint density at radius 2 is 1.94 bits per heavy atom. The number of hydrogen-bond acceptors (Lipinski definition) is 8. The van der Waals surface area contributed by atoms with Crippen LogP contribution in [0.15, 0.2) is 58.5 Å². The Morgan fingerprint density at radius 3 is 2.80 bits per heavy atom. The van der Waals surface area contributed by atoms with Gasteiger partial charge in [-0.05, 0) is 30.3 Å². The number of carbonyl (C=O) groups excluding carboxylic acids is 3. The van der Waals surface area contributed by atoms with Gasteiger partial charge in [-0.15, -0.1) is 11.3 Å². The fraction of sp³-hybridized carbons (Fsp3) is 0.217. The van der Waals surface area contributed by atoms with E-state index in [1.54, 1.807) is 18.3 Å². The molecule has 35 heavy (non-hydrogen) atoms. The molecule has 1 saturated heterocycles. The van der Waals surface area contributed by atoms with Crippen LogP contribution >= 0.6 is 11.3 Å². The highest BCUT2D eigenvalue weighted by atomic mass is 32.2. The molecule has 3 N–H and O–H groups in total. The summed E-state index contributed by atoms with van der Waals surface area (Å²) in [5.74, 6) is -0.950. The molecule has 2 aromatic carbocycles. The Bertz CT molecular complexity index is 1450. The van der Waals surface area contributed by atoms with Crippen LogP contribution in [0.4, 0.5) is 10.8 Å². The van der Waals surface area contributed by atoms with Gasteiger partial charge in [-0.1, -0.05) is 12.1 Å². The second-order valence-corrected chi connectivity index (χ2v) is 11.0. The van der Waals surface area contributed by atoms with Gasteiger partial charge in [-0.2, -0.15) is 0 Å². The molecule has 3 heterocycles. The van der Waals surface area contributed by atoms with Gasteiger partial charge in [0.15, 0.2) is 5.13 Å². The van der Waals surface area contributed by atoms with Crippen molar-refractivity contribution in [2.24, 2.45) is 0 Å². The maximum absolute atomic E-state index is 13.1. The van der Waals surface area contributed by atoms with Crippen molar-refractivity contribution in [3.05, 3.63) is 64.7 Å². The molecule has 12 heteroatoms. The van der Waals surface area contributed by atoms with Gasteiger partial charge in [0.1, 0.15) is 0 Å². The molecule has 5 rings (SSSR count). The molecule has 0 spiro atoms. The summed E-state index contributed by atoms with van der Waals surface area (Å²) in [6.07, 6.45) is 2.09. The third-order valence-electron chi connectivity index (χ3n) is 5.75. The number of carbonyl (C=O) groups is 3. The molecule has 3 amide bonds. The number of rotatable bonds is 4. The third kappa shape index (κ3) is 4.49. The summed E-state index contributed by atoms with van der Waals surface area (Å²) in [4.78, 5) is 44.1. The first-order valence-electron chi connectivity index (χ1n) is 10.9. The standard InChI is InChI=1S/C23H21N5O5S2/c29-20-7-9-28(10-8-24-20)23-26-13-15(34-23)12-25-21(30)14-5-6-19-17(11-14)27-22(31)16-3-1-2-4-18(16)35(19,32)33/h1-6,11,13H,7-10,12H2,(H,24,29)(H,25,30)(H,27,31). The van der Waals surface area contributed by atoms with Crippen LogP contribution < -0.4 is 20.9 Å². The van der Waals surface area contributed by atoms with E-state index in [1.807, 2.05) is 4.90 Å². The minimum absolute atomic E-state index is 0.0187. The van der Waals surface area contributed by atoms with E-state index in [1.165, 1.54) is 41.7 Å². The van der Waals surface area contributed by atoms with Crippen LogP contribution in [0.5, 0.6) is 0 Å². The molecule has 0 atom stereocenters. The fourth-order valence-electron chi connectivity index (χ4n) is 3.95. The molecule has 0 bridgehead atoms. The van der Waals surface area contributed by atoms with Gasteiger partial charge in [-0.25, -0.2) is 13.4 Å². The van der Waals surface area contributed by atoms with Crippen LogP contribution in [-0.4, -0.2) is 50.8 Å². The molecule has 2 aliphatic heterocycles. The summed E-state index contributed by atoms with van der Waals surface area (Å²) < 4.78 is 26.2. The zero-order chi connectivity index (χ0) is 24.6. The average molecular weight is 512 g/mol. The Kier molecular flexibility index (Phi) is 5.99. The maximum atomic E-state index is 13.1. The molecule has 1 fully saturated rings. The number of hydrogen-bond donors (Lipinski definition) is 3. The smallest absolute Gasteiger partial charge is 0.257 e. The van der Waals surface area contributed by atoms with Crippen molar-refractivity contribution in [3.63, 3.8) is 0 Å². The van der Waals surface area contributed by atoms with E-state index >= 15 is 0 Å². The highest BCUT2D eigenvalue weighted by Gasteiger charge is 2.31. The number of aromatic nitrogens is 1. The van der Waals surface area contributed by atoms with E-state index in [-0.39, 0.29) is 39.1 Å². The zero-order valence-electron chi connectivity index (χ0n) is 18.4. The van der Waals surface area contributed by atoms with Gasteiger partial charge >= 0.3 is 0 Å². The van der Waals surface area contributed by atoms with Crippen molar-refractivity contribution in [2.45, 2.75) is 22.8 Å². The molecule has 3 aromatic rings. The molecular formula is C23H21N5O5S2. The second kappa shape index (κ2) is 9.12. The van der Waals surface area contributed by atoms with Crippen LogP contribution in [0.3, 0.4) is 0 Å². The number of benzene rings is 2. The lowest BCUT2D eigenvalue weighted by Crippen LogP contribution is -2.28. The van der Waals surface area contributed by atoms with E-state index < -0.39 is 21.7 Å². The van der Waals surface area contributed by atoms with Crippen LogP contribution in [0.1, 0.15) is 32.0 Å². The molecule has 10 nitrogen and oxygen atoms in total. The van der Waals surface area contributed by atoms with Gasteiger partial charge in [0, 0.05) is 42.7 Å². The first kappa shape index (κ1) is 23.0. The molecule has 180 valence electrons. The number of fused-ring (bicyclic) bond motifs is 2. The van der Waals surface area contributed by atoms with Crippen molar-refractivity contribution in [1.82, 2.24) is 15.6 Å². The van der Waals surface area contributed by atoms with Gasteiger partial charge in [0.05, 0.1) is 27.6 Å². The largest absolute Gasteiger partial charge is 0.354 e. The predicted molar refractivity (Wildman–Crippen MR) is 129 cm³/mol. The van der Waals surface area contributed by atoms with E-state index in [9.17, 15) is 22.8 Å². The lowest BCUT2D eigenvalue weighted by molar-refractivity contribution is -0.120. The molecule has 0 unspecified atom stereocenters. The van der Waals surface area contributed by atoms with Crippen molar-refractivity contribution in [3.8, 4) is 0 Å².